The van der Waals surface area contributed by atoms with Crippen molar-refractivity contribution in [2.45, 2.75) is 13.5 Å². The molecule has 6 heteroatoms. The molecule has 0 unspecified atom stereocenters. The van der Waals surface area contributed by atoms with Crippen molar-refractivity contribution >= 4 is 34.3 Å². The first-order valence-electron chi connectivity index (χ1n) is 7.30. The Kier molecular flexibility index (Phi) is 4.36. The van der Waals surface area contributed by atoms with Crippen LogP contribution in [-0.4, -0.2) is 16.4 Å². The molecular weight excluding hydrogens is 331 g/mol. The Balaban J connectivity index is 1.93. The van der Waals surface area contributed by atoms with Gasteiger partial charge < -0.3 is 5.32 Å². The van der Waals surface area contributed by atoms with Gasteiger partial charge in [0.2, 0.25) is 5.91 Å². The normalized spacial score (nSPS) is 10.8. The molecule has 0 aliphatic heterocycles. The van der Waals surface area contributed by atoms with E-state index < -0.39 is 5.82 Å². The molecule has 4 nitrogen and oxygen atoms in total. The summed E-state index contributed by atoms with van der Waals surface area (Å²) in [5.41, 5.74) is 1.46. The van der Waals surface area contributed by atoms with E-state index in [0.29, 0.717) is 21.5 Å². The van der Waals surface area contributed by atoms with E-state index in [0.717, 1.165) is 5.56 Å². The Morgan fingerprint density at radius 3 is 2.67 bits per heavy atom. The van der Waals surface area contributed by atoms with Gasteiger partial charge in [0.1, 0.15) is 5.82 Å². The monoisotopic (exact) mass is 344 g/mol. The smallest absolute Gasteiger partial charge is 0.253 e. The third-order valence-corrected chi connectivity index (χ3v) is 4.12. The van der Waals surface area contributed by atoms with Gasteiger partial charge in [0, 0.05) is 30.1 Å². The molecule has 0 radical (unpaired) electrons. The van der Waals surface area contributed by atoms with Crippen LogP contribution in [0.15, 0.2) is 48.7 Å². The maximum Gasteiger partial charge on any atom is 0.253 e. The minimum Gasteiger partial charge on any atom is -0.348 e. The number of benzene rings is 2. The van der Waals surface area contributed by atoms with Gasteiger partial charge in [-0.25, -0.2) is 4.39 Å². The van der Waals surface area contributed by atoms with E-state index in [9.17, 15) is 14.0 Å². The molecule has 3 aromatic rings. The van der Waals surface area contributed by atoms with E-state index in [1.54, 1.807) is 6.07 Å². The Hall–Kier alpha value is -2.66. The van der Waals surface area contributed by atoms with Crippen LogP contribution >= 0.6 is 11.6 Å². The van der Waals surface area contributed by atoms with E-state index in [4.69, 9.17) is 11.6 Å². The zero-order chi connectivity index (χ0) is 17.3. The summed E-state index contributed by atoms with van der Waals surface area (Å²) in [6.45, 7) is 1.61. The fraction of sp³-hybridized carbons (Fsp3) is 0.111. The number of nitrogens with zero attached hydrogens (tertiary/aromatic N) is 1. The van der Waals surface area contributed by atoms with Crippen molar-refractivity contribution < 1.29 is 14.0 Å². The highest BCUT2D eigenvalue weighted by atomic mass is 35.5. The number of hydrogen-bond donors (Lipinski definition) is 1. The lowest BCUT2D eigenvalue weighted by atomic mass is 10.1. The van der Waals surface area contributed by atoms with Gasteiger partial charge in [0.05, 0.1) is 11.1 Å². The molecule has 0 fully saturated rings. The molecule has 122 valence electrons. The predicted molar refractivity (Wildman–Crippen MR) is 90.8 cm³/mol. The van der Waals surface area contributed by atoms with Crippen LogP contribution in [0.5, 0.6) is 0 Å². The quantitative estimate of drug-likeness (QED) is 0.780. The van der Waals surface area contributed by atoms with Crippen molar-refractivity contribution in [3.63, 3.8) is 0 Å². The first-order chi connectivity index (χ1) is 11.5. The van der Waals surface area contributed by atoms with E-state index in [2.05, 4.69) is 5.32 Å². The van der Waals surface area contributed by atoms with Gasteiger partial charge in [-0.2, -0.15) is 0 Å². The largest absolute Gasteiger partial charge is 0.348 e. The molecule has 1 amide bonds. The second-order valence-corrected chi connectivity index (χ2v) is 5.77. The van der Waals surface area contributed by atoms with Crippen LogP contribution in [0.2, 0.25) is 5.02 Å². The topological polar surface area (TPSA) is 51.1 Å². The van der Waals surface area contributed by atoms with E-state index >= 15 is 0 Å². The molecule has 3 rings (SSSR count). The molecule has 0 aliphatic rings. The first kappa shape index (κ1) is 16.2. The van der Waals surface area contributed by atoms with Crippen molar-refractivity contribution in [2.75, 3.05) is 0 Å². The summed E-state index contributed by atoms with van der Waals surface area (Å²) < 4.78 is 14.7. The molecule has 1 N–H and O–H groups in total. The lowest BCUT2D eigenvalue weighted by molar-refractivity contribution is 0.0941. The minimum absolute atomic E-state index is 0.256. The molecule has 1 heterocycles. The van der Waals surface area contributed by atoms with Crippen LogP contribution in [0.3, 0.4) is 0 Å². The Morgan fingerprint density at radius 1 is 1.21 bits per heavy atom. The molecule has 1 aromatic heterocycles. The second kappa shape index (κ2) is 6.45. The number of aromatic nitrogens is 1. The van der Waals surface area contributed by atoms with Gasteiger partial charge in [-0.3, -0.25) is 14.2 Å². The molecule has 24 heavy (non-hydrogen) atoms. The highest BCUT2D eigenvalue weighted by Gasteiger charge is 2.17. The van der Waals surface area contributed by atoms with Crippen molar-refractivity contribution in [1.29, 1.82) is 0 Å². The van der Waals surface area contributed by atoms with Crippen LogP contribution in [0.4, 0.5) is 4.39 Å². The van der Waals surface area contributed by atoms with E-state index in [-0.39, 0.29) is 18.4 Å². The summed E-state index contributed by atoms with van der Waals surface area (Å²) >= 11 is 6.07. The summed E-state index contributed by atoms with van der Waals surface area (Å²) in [5, 5.41) is 3.85. The number of carbonyl (C=O) groups excluding carboxylic acids is 2. The lowest BCUT2D eigenvalue weighted by Crippen LogP contribution is -2.22. The summed E-state index contributed by atoms with van der Waals surface area (Å²) in [7, 11) is 0. The average Bonchev–Trinajstić information content (AvgIpc) is 2.92. The fourth-order valence-electron chi connectivity index (χ4n) is 2.55. The molecule has 0 atom stereocenters. The highest BCUT2D eigenvalue weighted by Crippen LogP contribution is 2.23. The fourth-order valence-corrected chi connectivity index (χ4v) is 2.76. The van der Waals surface area contributed by atoms with Gasteiger partial charge in [0.15, 0.2) is 0 Å². The lowest BCUT2D eigenvalue weighted by Gasteiger charge is -2.06. The number of carbonyl (C=O) groups is 2. The predicted octanol–water partition coefficient (Wildman–Crippen LogP) is 4.02. The SMILES string of the molecule is CC(=O)n1cc(C(=O)NCc2ccccc2Cl)c2ccc(F)cc21. The van der Waals surface area contributed by atoms with E-state index in [1.165, 1.54) is 35.9 Å². The molecule has 2 aromatic carbocycles. The second-order valence-electron chi connectivity index (χ2n) is 5.37. The molecule has 0 saturated carbocycles. The molecular formula is C18H14ClFN2O2. The van der Waals surface area contributed by atoms with E-state index in [1.807, 2.05) is 18.2 Å². The number of amides is 1. The molecule has 0 saturated heterocycles. The molecule has 0 spiro atoms. The van der Waals surface area contributed by atoms with Gasteiger partial charge >= 0.3 is 0 Å². The van der Waals surface area contributed by atoms with Gasteiger partial charge in [-0.05, 0) is 29.8 Å². The van der Waals surface area contributed by atoms with Gasteiger partial charge in [-0.15, -0.1) is 0 Å². The summed E-state index contributed by atoms with van der Waals surface area (Å²) in [6, 6.07) is 11.2. The van der Waals surface area contributed by atoms with Crippen molar-refractivity contribution in [3.8, 4) is 0 Å². The Morgan fingerprint density at radius 2 is 1.96 bits per heavy atom. The Bertz CT molecular complexity index is 949. The standard InChI is InChI=1S/C18H14ClFN2O2/c1-11(23)22-10-15(14-7-6-13(20)8-17(14)22)18(24)21-9-12-4-2-3-5-16(12)19/h2-8,10H,9H2,1H3,(H,21,24). The number of hydrogen-bond acceptors (Lipinski definition) is 2. The third kappa shape index (κ3) is 3.03. The zero-order valence-corrected chi connectivity index (χ0v) is 13.6. The highest BCUT2D eigenvalue weighted by molar-refractivity contribution is 6.31. The number of rotatable bonds is 3. The van der Waals surface area contributed by atoms with Crippen LogP contribution in [0.25, 0.3) is 10.9 Å². The van der Waals surface area contributed by atoms with Crippen molar-refractivity contribution in [2.24, 2.45) is 0 Å². The van der Waals surface area contributed by atoms with Crippen LogP contribution < -0.4 is 5.32 Å². The zero-order valence-electron chi connectivity index (χ0n) is 12.8. The maximum atomic E-state index is 13.5. The molecule has 0 bridgehead atoms. The summed E-state index contributed by atoms with van der Waals surface area (Å²) in [6.07, 6.45) is 1.42. The van der Waals surface area contributed by atoms with Crippen LogP contribution in [0.1, 0.15) is 27.6 Å². The summed E-state index contributed by atoms with van der Waals surface area (Å²) in [4.78, 5) is 24.2. The number of nitrogens with one attached hydrogen (secondary N) is 1. The van der Waals surface area contributed by atoms with Crippen molar-refractivity contribution in [1.82, 2.24) is 9.88 Å². The summed E-state index contributed by atoms with van der Waals surface area (Å²) in [5.74, 6) is -1.12. The third-order valence-electron chi connectivity index (χ3n) is 3.75. The van der Waals surface area contributed by atoms with Gasteiger partial charge in [-0.1, -0.05) is 29.8 Å². The first-order valence-corrected chi connectivity index (χ1v) is 7.68. The van der Waals surface area contributed by atoms with Crippen LogP contribution in [-0.2, 0) is 6.54 Å². The minimum atomic E-state index is -0.467. The van der Waals surface area contributed by atoms with Crippen LogP contribution in [0, 0.1) is 5.82 Å². The maximum absolute atomic E-state index is 13.5. The average molecular weight is 345 g/mol. The number of fused-ring (bicyclic) bond motifs is 1. The molecule has 0 aliphatic carbocycles. The van der Waals surface area contributed by atoms with Crippen molar-refractivity contribution in [3.05, 3.63) is 70.6 Å². The van der Waals surface area contributed by atoms with Gasteiger partial charge in [0.25, 0.3) is 5.91 Å². The Labute approximate surface area is 142 Å². The number of halogens is 2.